The lowest BCUT2D eigenvalue weighted by atomic mass is 9.83. The molecule has 3 fully saturated rings. The van der Waals surface area contributed by atoms with Gasteiger partial charge in [-0.05, 0) is 105 Å². The highest BCUT2D eigenvalue weighted by atomic mass is 35.5. The zero-order valence-electron chi connectivity index (χ0n) is 40.2. The van der Waals surface area contributed by atoms with Crippen LogP contribution in [0.2, 0.25) is 10.0 Å². The Hall–Kier alpha value is -5.33. The van der Waals surface area contributed by atoms with Crippen LogP contribution in [-0.2, 0) is 27.3 Å². The number of carboxylic acids is 1. The van der Waals surface area contributed by atoms with E-state index in [9.17, 15) is 9.90 Å². The molecular formula is C53H58Cl2N6O9S. The molecule has 0 spiro atoms. The Bertz CT molecular complexity index is 2820. The number of benzene rings is 3. The fraction of sp³-hybridized carbons (Fsp3) is 0.453. The molecule has 1 aliphatic carbocycles. The Morgan fingerprint density at radius 3 is 2.41 bits per heavy atom. The number of hydrogen-bond donors (Lipinski definition) is 1. The predicted molar refractivity (Wildman–Crippen MR) is 272 cm³/mol. The van der Waals surface area contributed by atoms with Crippen LogP contribution >= 0.6 is 34.5 Å². The van der Waals surface area contributed by atoms with E-state index < -0.39 is 18.2 Å². The van der Waals surface area contributed by atoms with Crippen LogP contribution in [0.4, 0.5) is 0 Å². The van der Waals surface area contributed by atoms with Gasteiger partial charge in [0.05, 0.1) is 40.9 Å². The topological polar surface area (TPSA) is 160 Å². The number of likely N-dealkylation sites (N-methyl/N-ethyl adjacent to an activating group) is 1. The number of carboxylic acid groups (broad SMARTS) is 1. The molecule has 2 saturated heterocycles. The molecule has 7 heterocycles. The second-order valence-corrected chi connectivity index (χ2v) is 20.5. The van der Waals surface area contributed by atoms with Gasteiger partial charge < -0.3 is 43.2 Å². The van der Waals surface area contributed by atoms with E-state index in [0.717, 1.165) is 84.6 Å². The zero-order chi connectivity index (χ0) is 49.0. The van der Waals surface area contributed by atoms with Crippen LogP contribution in [0.25, 0.3) is 32.7 Å². The lowest BCUT2D eigenvalue weighted by Crippen LogP contribution is -2.49. The molecule has 5 aliphatic rings. The highest BCUT2D eigenvalue weighted by Gasteiger charge is 2.34. The molecule has 11 rings (SSSR count). The van der Waals surface area contributed by atoms with E-state index in [1.54, 1.807) is 41.8 Å². The maximum atomic E-state index is 13.4. The molecule has 0 amide bonds. The Morgan fingerprint density at radius 2 is 1.66 bits per heavy atom. The minimum Gasteiger partial charge on any atom is -0.491 e. The van der Waals surface area contributed by atoms with Crippen LogP contribution < -0.4 is 23.7 Å². The van der Waals surface area contributed by atoms with E-state index in [1.807, 2.05) is 38.1 Å². The first-order valence-electron chi connectivity index (χ1n) is 24.4. The minimum absolute atomic E-state index is 0.0685. The van der Waals surface area contributed by atoms with Crippen molar-refractivity contribution in [3.63, 3.8) is 0 Å². The third kappa shape index (κ3) is 11.2. The summed E-state index contributed by atoms with van der Waals surface area (Å²) in [7, 11) is 2.13. The third-order valence-corrected chi connectivity index (χ3v) is 16.0. The Morgan fingerprint density at radius 1 is 0.873 bits per heavy atom. The fourth-order valence-electron chi connectivity index (χ4n) is 9.88. The molecule has 18 heteroatoms. The second-order valence-electron chi connectivity index (χ2n) is 18.8. The van der Waals surface area contributed by atoms with Crippen molar-refractivity contribution in [3.05, 3.63) is 98.4 Å². The van der Waals surface area contributed by atoms with Gasteiger partial charge in [0.1, 0.15) is 60.4 Å². The number of fused-ring (bicyclic) bond motifs is 7. The van der Waals surface area contributed by atoms with Crippen LogP contribution in [0.3, 0.4) is 0 Å². The van der Waals surface area contributed by atoms with Gasteiger partial charge in [0.25, 0.3) is 0 Å². The molecule has 0 unspecified atom stereocenters. The Labute approximate surface area is 427 Å². The van der Waals surface area contributed by atoms with Gasteiger partial charge in [0, 0.05) is 66.9 Å². The van der Waals surface area contributed by atoms with Crippen molar-refractivity contribution in [1.82, 2.24) is 29.7 Å². The lowest BCUT2D eigenvalue weighted by Gasteiger charge is -2.35. The molecule has 3 atom stereocenters. The molecule has 3 aromatic heterocycles. The summed E-state index contributed by atoms with van der Waals surface area (Å²) in [4.78, 5) is 38.7. The van der Waals surface area contributed by atoms with Gasteiger partial charge >= 0.3 is 5.97 Å². The summed E-state index contributed by atoms with van der Waals surface area (Å²) in [5, 5.41) is 12.4. The predicted octanol–water partition coefficient (Wildman–Crippen LogP) is 9.62. The first kappa shape index (κ1) is 49.3. The van der Waals surface area contributed by atoms with Crippen molar-refractivity contribution in [2.75, 3.05) is 72.8 Å². The number of ether oxygens (including phenoxy) is 7. The van der Waals surface area contributed by atoms with E-state index in [1.165, 1.54) is 12.7 Å². The number of carbonyl (C=O) groups is 1. The molecule has 71 heavy (non-hydrogen) atoms. The van der Waals surface area contributed by atoms with Crippen molar-refractivity contribution in [3.8, 4) is 51.4 Å². The van der Waals surface area contributed by atoms with Gasteiger partial charge in [0.15, 0.2) is 11.6 Å². The van der Waals surface area contributed by atoms with E-state index >= 15 is 0 Å². The standard InChI is InChI=1S/C53H58Cl2N6O9S/c1-31-43-32(2)47(55)48(46(31)54)69-39(25-61-19-17-60(3)18-20-61)28-67-38-13-14-41(68-26-36-15-16-56-50(59-36)34-9-11-37(12-10-34)66-29-40-27-64-21-22-65-40)35(23-38)24-42(53(62)63)70-51-45-44(43)49(33-7-5-4-6-8-33)71-52(45)58-30-57-51/h9-16,23,30,33,39-40,42H,4-8,17-22,24-29H2,1-3H3,(H,62,63)/t39-,40+,42-/m1/s1. The molecule has 4 aliphatic heterocycles. The fourth-order valence-corrected chi connectivity index (χ4v) is 11.7. The minimum atomic E-state index is -1.39. The van der Waals surface area contributed by atoms with Crippen molar-refractivity contribution < 1.29 is 43.1 Å². The lowest BCUT2D eigenvalue weighted by molar-refractivity contribution is -0.145. The molecule has 3 aromatic carbocycles. The summed E-state index contributed by atoms with van der Waals surface area (Å²) in [6.45, 7) is 10.4. The number of hydrogen-bond acceptors (Lipinski definition) is 15. The van der Waals surface area contributed by atoms with E-state index in [4.69, 9.17) is 66.3 Å². The van der Waals surface area contributed by atoms with Gasteiger partial charge in [-0.2, -0.15) is 0 Å². The van der Waals surface area contributed by atoms with Gasteiger partial charge in [0.2, 0.25) is 12.0 Å². The molecule has 4 bridgehead atoms. The smallest absolute Gasteiger partial charge is 0.345 e. The first-order valence-corrected chi connectivity index (χ1v) is 26.0. The number of halogens is 2. The highest BCUT2D eigenvalue weighted by Crippen LogP contribution is 2.53. The normalized spacial score (nSPS) is 20.4. The van der Waals surface area contributed by atoms with Crippen molar-refractivity contribution in [1.29, 1.82) is 0 Å². The van der Waals surface area contributed by atoms with Crippen molar-refractivity contribution in [2.24, 2.45) is 0 Å². The Kier molecular flexibility index (Phi) is 15.4. The van der Waals surface area contributed by atoms with Gasteiger partial charge in [-0.1, -0.05) is 42.5 Å². The number of aromatic nitrogens is 4. The van der Waals surface area contributed by atoms with Crippen LogP contribution in [-0.4, -0.2) is 132 Å². The van der Waals surface area contributed by atoms with Crippen LogP contribution in [0.15, 0.2) is 61.1 Å². The largest absolute Gasteiger partial charge is 0.491 e. The molecule has 1 saturated carbocycles. The summed E-state index contributed by atoms with van der Waals surface area (Å²) in [6, 6.07) is 14.7. The van der Waals surface area contributed by atoms with E-state index in [2.05, 4.69) is 26.8 Å². The van der Waals surface area contributed by atoms with Gasteiger partial charge in [-0.15, -0.1) is 11.3 Å². The van der Waals surface area contributed by atoms with Gasteiger partial charge in [-0.3, -0.25) is 4.90 Å². The molecule has 1 N–H and O–H groups in total. The second kappa shape index (κ2) is 22.2. The number of thiophene rings is 1. The van der Waals surface area contributed by atoms with Crippen molar-refractivity contribution in [2.45, 2.75) is 83.2 Å². The molecule has 0 radical (unpaired) electrons. The number of nitrogens with zero attached hydrogens (tertiary/aromatic N) is 6. The summed E-state index contributed by atoms with van der Waals surface area (Å²) >= 11 is 16.4. The first-order chi connectivity index (χ1) is 34.6. The molecular weight excluding hydrogens is 968 g/mol. The maximum absolute atomic E-state index is 13.4. The SMILES string of the molecule is Cc1c(Cl)c2c(Cl)c(C)c1-c1c(C3CCCCC3)sc3ncnc(c13)O[C@@H](C(=O)O)Cc1cc(ccc1OCc1ccnc(-c3ccc(OC[C@@H]4COCCO4)cc3)n1)OC[C@@H](CN1CCN(C)CC1)O2. The van der Waals surface area contributed by atoms with Crippen LogP contribution in [0.1, 0.15) is 65.3 Å². The summed E-state index contributed by atoms with van der Waals surface area (Å²) < 4.78 is 43.7. The maximum Gasteiger partial charge on any atom is 0.345 e. The highest BCUT2D eigenvalue weighted by molar-refractivity contribution is 7.19. The molecule has 15 nitrogen and oxygen atoms in total. The molecule has 6 aromatic rings. The summed E-state index contributed by atoms with van der Waals surface area (Å²) in [5.74, 6) is 1.79. The summed E-state index contributed by atoms with van der Waals surface area (Å²) in [5.41, 5.74) is 5.27. The average molecular weight is 1030 g/mol. The number of aliphatic carboxylic acids is 1. The number of rotatable bonds is 11. The van der Waals surface area contributed by atoms with E-state index in [-0.39, 0.29) is 37.5 Å². The number of piperazine rings is 1. The Balaban J connectivity index is 0.996. The van der Waals surface area contributed by atoms with Crippen molar-refractivity contribution >= 4 is 50.7 Å². The quantitative estimate of drug-likeness (QED) is 0.131. The van der Waals surface area contributed by atoms with Crippen LogP contribution in [0, 0.1) is 13.8 Å². The summed E-state index contributed by atoms with van der Waals surface area (Å²) in [6.07, 6.45) is 6.48. The van der Waals surface area contributed by atoms with Crippen LogP contribution in [0.5, 0.6) is 28.9 Å². The molecule has 374 valence electrons. The third-order valence-electron chi connectivity index (χ3n) is 13.8. The monoisotopic (exact) mass is 1020 g/mol. The zero-order valence-corrected chi connectivity index (χ0v) is 42.5. The average Bonchev–Trinajstić information content (AvgIpc) is 3.78. The van der Waals surface area contributed by atoms with Gasteiger partial charge in [-0.25, -0.2) is 24.7 Å². The van der Waals surface area contributed by atoms with E-state index in [0.29, 0.717) is 93.3 Å².